The summed E-state index contributed by atoms with van der Waals surface area (Å²) in [6.45, 7) is 4.44. The van der Waals surface area contributed by atoms with Gasteiger partial charge in [0.05, 0.1) is 6.61 Å². The lowest BCUT2D eigenvalue weighted by molar-refractivity contribution is 0.0905. The van der Waals surface area contributed by atoms with Gasteiger partial charge in [0, 0.05) is 36.7 Å². The predicted molar refractivity (Wildman–Crippen MR) is 103 cm³/mol. The molecule has 1 atom stereocenters. The Bertz CT molecular complexity index is 871. The number of aromatic amines is 1. The van der Waals surface area contributed by atoms with Crippen LogP contribution in [0, 0.1) is 6.92 Å². The lowest BCUT2D eigenvalue weighted by Crippen LogP contribution is -2.35. The molecule has 0 aliphatic heterocycles. The number of rotatable bonds is 6. The Morgan fingerprint density at radius 2 is 1.88 bits per heavy atom. The summed E-state index contributed by atoms with van der Waals surface area (Å²) in [7, 11) is 1.62. The summed E-state index contributed by atoms with van der Waals surface area (Å²) in [6, 6.07) is 14.0. The molecule has 0 saturated heterocycles. The van der Waals surface area contributed by atoms with E-state index in [1.165, 1.54) is 5.56 Å². The molecule has 2 N–H and O–H groups in total. The van der Waals surface area contributed by atoms with Crippen LogP contribution < -0.4 is 5.32 Å². The minimum absolute atomic E-state index is 0.0670. The number of carbonyl (C=O) groups is 1. The molecule has 0 aliphatic rings. The number of amides is 1. The highest BCUT2D eigenvalue weighted by Gasteiger charge is 2.14. The summed E-state index contributed by atoms with van der Waals surface area (Å²) in [5.74, 6) is 0.606. The number of nitrogens with zero attached hydrogens (tertiary/aromatic N) is 1. The van der Waals surface area contributed by atoms with Crippen LogP contribution in [0.3, 0.4) is 0 Å². The summed E-state index contributed by atoms with van der Waals surface area (Å²) < 4.78 is 5.10. The lowest BCUT2D eigenvalue weighted by atomic mass is 9.98. The van der Waals surface area contributed by atoms with Crippen LogP contribution in [0.25, 0.3) is 22.5 Å². The number of H-pyrrole nitrogens is 1. The fourth-order valence-electron chi connectivity index (χ4n) is 2.83. The molecule has 3 aromatic rings. The largest absolute Gasteiger partial charge is 0.383 e. The third-order valence-corrected chi connectivity index (χ3v) is 4.15. The van der Waals surface area contributed by atoms with Crippen LogP contribution in [-0.4, -0.2) is 35.6 Å². The first-order chi connectivity index (χ1) is 12.6. The predicted octanol–water partition coefficient (Wildman–Crippen LogP) is 3.82. The Kier molecular flexibility index (Phi) is 5.49. The quantitative estimate of drug-likeness (QED) is 0.711. The Morgan fingerprint density at radius 1 is 1.15 bits per heavy atom. The third kappa shape index (κ3) is 4.18. The Hall–Kier alpha value is -2.92. The van der Waals surface area contributed by atoms with Crippen molar-refractivity contribution < 1.29 is 9.53 Å². The first kappa shape index (κ1) is 17.9. The van der Waals surface area contributed by atoms with Gasteiger partial charge in [-0.3, -0.25) is 4.79 Å². The zero-order valence-corrected chi connectivity index (χ0v) is 15.2. The van der Waals surface area contributed by atoms with Crippen LogP contribution in [0.4, 0.5) is 0 Å². The number of imidazole rings is 1. The molecule has 0 spiro atoms. The van der Waals surface area contributed by atoms with Gasteiger partial charge in [0.2, 0.25) is 0 Å². The summed E-state index contributed by atoms with van der Waals surface area (Å²) >= 11 is 0. The van der Waals surface area contributed by atoms with Crippen LogP contribution in [0.15, 0.2) is 54.9 Å². The number of hydrogen-bond acceptors (Lipinski definition) is 3. The number of ether oxygens (including phenoxy) is 1. The van der Waals surface area contributed by atoms with Gasteiger partial charge in [-0.05, 0) is 43.2 Å². The topological polar surface area (TPSA) is 67.0 Å². The number of methoxy groups -OCH3 is 1. The first-order valence-corrected chi connectivity index (χ1v) is 8.58. The summed E-state index contributed by atoms with van der Waals surface area (Å²) in [5, 5.41) is 2.96. The first-order valence-electron chi connectivity index (χ1n) is 8.58. The van der Waals surface area contributed by atoms with Crippen molar-refractivity contribution in [3.05, 3.63) is 66.0 Å². The zero-order valence-electron chi connectivity index (χ0n) is 15.2. The van der Waals surface area contributed by atoms with E-state index in [1.54, 1.807) is 19.5 Å². The normalized spacial score (nSPS) is 12.0. The second kappa shape index (κ2) is 7.97. The highest BCUT2D eigenvalue weighted by Crippen LogP contribution is 2.27. The van der Waals surface area contributed by atoms with Gasteiger partial charge < -0.3 is 15.0 Å². The number of carbonyl (C=O) groups excluding carboxylic acids is 1. The fourth-order valence-corrected chi connectivity index (χ4v) is 2.83. The number of aryl methyl sites for hydroxylation is 1. The molecule has 0 bridgehead atoms. The van der Waals surface area contributed by atoms with E-state index in [1.807, 2.05) is 25.1 Å². The molecule has 0 aliphatic carbocycles. The Labute approximate surface area is 153 Å². The molecular formula is C21H23N3O2. The molecule has 26 heavy (non-hydrogen) atoms. The van der Waals surface area contributed by atoms with Crippen molar-refractivity contribution >= 4 is 5.91 Å². The molecule has 1 heterocycles. The molecule has 1 amide bonds. The van der Waals surface area contributed by atoms with Crippen molar-refractivity contribution in [2.75, 3.05) is 13.7 Å². The average Bonchev–Trinajstić information content (AvgIpc) is 3.17. The molecule has 134 valence electrons. The highest BCUT2D eigenvalue weighted by molar-refractivity contribution is 5.97. The molecule has 1 unspecified atom stereocenters. The van der Waals surface area contributed by atoms with Crippen LogP contribution in [-0.2, 0) is 4.74 Å². The standard InChI is InChI=1S/C21H23N3O2/c1-14-4-6-16(7-5-14)17-10-18(20-22-8-9-23-20)12-19(11-17)21(25)24-15(2)13-26-3/h4-12,15H,13H2,1-3H3,(H,22,23)(H,24,25). The van der Waals surface area contributed by atoms with Gasteiger partial charge in [0.15, 0.2) is 0 Å². The van der Waals surface area contributed by atoms with E-state index in [0.29, 0.717) is 12.2 Å². The van der Waals surface area contributed by atoms with Gasteiger partial charge >= 0.3 is 0 Å². The van der Waals surface area contributed by atoms with Crippen molar-refractivity contribution in [2.45, 2.75) is 19.9 Å². The van der Waals surface area contributed by atoms with E-state index in [0.717, 1.165) is 22.5 Å². The molecule has 0 radical (unpaired) electrons. The van der Waals surface area contributed by atoms with E-state index in [2.05, 4.69) is 46.5 Å². The van der Waals surface area contributed by atoms with Crippen molar-refractivity contribution in [2.24, 2.45) is 0 Å². The van der Waals surface area contributed by atoms with Crippen LogP contribution in [0.5, 0.6) is 0 Å². The van der Waals surface area contributed by atoms with Crippen molar-refractivity contribution in [3.63, 3.8) is 0 Å². The van der Waals surface area contributed by atoms with Gasteiger partial charge in [-0.25, -0.2) is 4.98 Å². The van der Waals surface area contributed by atoms with Crippen LogP contribution >= 0.6 is 0 Å². The lowest BCUT2D eigenvalue weighted by Gasteiger charge is -2.14. The molecule has 0 saturated carbocycles. The van der Waals surface area contributed by atoms with Crippen LogP contribution in [0.1, 0.15) is 22.8 Å². The van der Waals surface area contributed by atoms with E-state index < -0.39 is 0 Å². The van der Waals surface area contributed by atoms with E-state index >= 15 is 0 Å². The van der Waals surface area contributed by atoms with Gasteiger partial charge in [0.1, 0.15) is 5.82 Å². The maximum Gasteiger partial charge on any atom is 0.251 e. The average molecular weight is 349 g/mol. The number of aromatic nitrogens is 2. The molecule has 1 aromatic heterocycles. The van der Waals surface area contributed by atoms with Gasteiger partial charge in [0.25, 0.3) is 5.91 Å². The second-order valence-electron chi connectivity index (χ2n) is 6.43. The summed E-state index contributed by atoms with van der Waals surface area (Å²) in [6.07, 6.45) is 3.47. The van der Waals surface area contributed by atoms with Crippen molar-refractivity contribution in [1.82, 2.24) is 15.3 Å². The number of hydrogen-bond donors (Lipinski definition) is 2. The molecule has 5 heteroatoms. The molecular weight excluding hydrogens is 326 g/mol. The van der Waals surface area contributed by atoms with Crippen LogP contribution in [0.2, 0.25) is 0 Å². The maximum atomic E-state index is 12.7. The number of benzene rings is 2. The van der Waals surface area contributed by atoms with E-state index in [4.69, 9.17) is 4.74 Å². The molecule has 3 rings (SSSR count). The molecule has 5 nitrogen and oxygen atoms in total. The third-order valence-electron chi connectivity index (χ3n) is 4.15. The van der Waals surface area contributed by atoms with E-state index in [-0.39, 0.29) is 11.9 Å². The number of nitrogens with one attached hydrogen (secondary N) is 2. The highest BCUT2D eigenvalue weighted by atomic mass is 16.5. The molecule has 2 aromatic carbocycles. The summed E-state index contributed by atoms with van der Waals surface area (Å²) in [5.41, 5.74) is 4.70. The maximum absolute atomic E-state index is 12.7. The monoisotopic (exact) mass is 349 g/mol. The smallest absolute Gasteiger partial charge is 0.251 e. The van der Waals surface area contributed by atoms with Gasteiger partial charge in [-0.15, -0.1) is 0 Å². The Morgan fingerprint density at radius 3 is 2.54 bits per heavy atom. The minimum atomic E-state index is -0.128. The molecule has 0 fully saturated rings. The summed E-state index contributed by atoms with van der Waals surface area (Å²) in [4.78, 5) is 20.1. The fraction of sp³-hybridized carbons (Fsp3) is 0.238. The van der Waals surface area contributed by atoms with Crippen molar-refractivity contribution in [3.8, 4) is 22.5 Å². The van der Waals surface area contributed by atoms with Gasteiger partial charge in [-0.1, -0.05) is 29.8 Å². The zero-order chi connectivity index (χ0) is 18.5. The van der Waals surface area contributed by atoms with E-state index in [9.17, 15) is 4.79 Å². The van der Waals surface area contributed by atoms with Crippen molar-refractivity contribution in [1.29, 1.82) is 0 Å². The second-order valence-corrected chi connectivity index (χ2v) is 6.43. The Balaban J connectivity index is 2.00. The van der Waals surface area contributed by atoms with Gasteiger partial charge in [-0.2, -0.15) is 0 Å². The minimum Gasteiger partial charge on any atom is -0.383 e. The SMILES string of the molecule is COCC(C)NC(=O)c1cc(-c2ccc(C)cc2)cc(-c2ncc[nH]2)c1.